The average Bonchev–Trinajstić information content (AvgIpc) is 2.90. The highest BCUT2D eigenvalue weighted by molar-refractivity contribution is 5.82. The van der Waals surface area contributed by atoms with Crippen LogP contribution in [-0.2, 0) is 16.0 Å². The van der Waals surface area contributed by atoms with E-state index in [1.807, 2.05) is 24.3 Å². The standard InChI is InChI=1S/C15H18N2O3/c1-19-10-9-17(8-4-7-16)15(18)14-11-12-5-2-3-6-13(12)20-14/h2-3,5-6,14H,4,8-11H2,1H3. The molecule has 1 aliphatic rings. The second-order valence-electron chi connectivity index (χ2n) is 4.64. The van der Waals surface area contributed by atoms with Crippen LogP contribution in [0.2, 0.25) is 0 Å². The van der Waals surface area contributed by atoms with Crippen molar-refractivity contribution in [1.29, 1.82) is 5.26 Å². The molecule has 1 unspecified atom stereocenters. The van der Waals surface area contributed by atoms with Crippen LogP contribution in [0.5, 0.6) is 5.75 Å². The lowest BCUT2D eigenvalue weighted by Gasteiger charge is -2.24. The summed E-state index contributed by atoms with van der Waals surface area (Å²) in [4.78, 5) is 14.1. The molecule has 0 bridgehead atoms. The van der Waals surface area contributed by atoms with Crippen molar-refractivity contribution in [3.63, 3.8) is 0 Å². The number of benzene rings is 1. The van der Waals surface area contributed by atoms with E-state index in [1.165, 1.54) is 0 Å². The number of hydrogen-bond donors (Lipinski definition) is 0. The minimum Gasteiger partial charge on any atom is -0.480 e. The summed E-state index contributed by atoms with van der Waals surface area (Å²) in [6.45, 7) is 1.35. The highest BCUT2D eigenvalue weighted by Crippen LogP contribution is 2.28. The second-order valence-corrected chi connectivity index (χ2v) is 4.64. The Morgan fingerprint density at radius 1 is 1.50 bits per heavy atom. The first-order valence-electron chi connectivity index (χ1n) is 6.65. The van der Waals surface area contributed by atoms with Gasteiger partial charge in [-0.2, -0.15) is 5.26 Å². The van der Waals surface area contributed by atoms with Crippen LogP contribution in [0.4, 0.5) is 0 Å². The molecule has 5 nitrogen and oxygen atoms in total. The first-order valence-corrected chi connectivity index (χ1v) is 6.65. The number of amides is 1. The highest BCUT2D eigenvalue weighted by Gasteiger charge is 2.31. The van der Waals surface area contributed by atoms with E-state index in [-0.39, 0.29) is 5.91 Å². The Balaban J connectivity index is 2.00. The molecule has 0 aliphatic carbocycles. The lowest BCUT2D eigenvalue weighted by atomic mass is 10.1. The smallest absolute Gasteiger partial charge is 0.264 e. The Labute approximate surface area is 118 Å². The van der Waals surface area contributed by atoms with E-state index in [0.29, 0.717) is 32.5 Å². The molecule has 20 heavy (non-hydrogen) atoms. The molecule has 0 fully saturated rings. The molecule has 0 aromatic heterocycles. The molecule has 1 amide bonds. The van der Waals surface area contributed by atoms with Gasteiger partial charge >= 0.3 is 0 Å². The largest absolute Gasteiger partial charge is 0.480 e. The van der Waals surface area contributed by atoms with Gasteiger partial charge in [-0.15, -0.1) is 0 Å². The van der Waals surface area contributed by atoms with Crippen molar-refractivity contribution >= 4 is 5.91 Å². The summed E-state index contributed by atoms with van der Waals surface area (Å²) in [5, 5.41) is 8.68. The van der Waals surface area contributed by atoms with Crippen molar-refractivity contribution in [2.45, 2.75) is 18.9 Å². The molecule has 0 saturated heterocycles. The topological polar surface area (TPSA) is 62.6 Å². The number of fused-ring (bicyclic) bond motifs is 1. The van der Waals surface area contributed by atoms with Crippen molar-refractivity contribution in [3.8, 4) is 11.8 Å². The second kappa shape index (κ2) is 6.92. The van der Waals surface area contributed by atoms with Gasteiger partial charge in [0.2, 0.25) is 0 Å². The monoisotopic (exact) mass is 274 g/mol. The van der Waals surface area contributed by atoms with Crippen LogP contribution >= 0.6 is 0 Å². The number of methoxy groups -OCH3 is 1. The number of nitriles is 1. The maximum Gasteiger partial charge on any atom is 0.264 e. The lowest BCUT2D eigenvalue weighted by Crippen LogP contribution is -2.43. The van der Waals surface area contributed by atoms with Gasteiger partial charge in [-0.05, 0) is 11.6 Å². The van der Waals surface area contributed by atoms with Gasteiger partial charge in [-0.3, -0.25) is 4.79 Å². The van der Waals surface area contributed by atoms with Gasteiger partial charge in [0.25, 0.3) is 5.91 Å². The van der Waals surface area contributed by atoms with Crippen LogP contribution in [0, 0.1) is 11.3 Å². The molecule has 1 atom stereocenters. The number of para-hydroxylation sites is 1. The lowest BCUT2D eigenvalue weighted by molar-refractivity contribution is -0.138. The minimum atomic E-state index is -0.483. The molecule has 5 heteroatoms. The summed E-state index contributed by atoms with van der Waals surface area (Å²) in [5.74, 6) is 0.700. The predicted octanol–water partition coefficient (Wildman–Crippen LogP) is 1.38. The summed E-state index contributed by atoms with van der Waals surface area (Å²) >= 11 is 0. The Kier molecular flexibility index (Phi) is 4.97. The molecule has 0 saturated carbocycles. The van der Waals surface area contributed by atoms with E-state index >= 15 is 0 Å². The summed E-state index contributed by atoms with van der Waals surface area (Å²) in [7, 11) is 1.59. The van der Waals surface area contributed by atoms with Crippen LogP contribution < -0.4 is 4.74 Å². The predicted molar refractivity (Wildman–Crippen MR) is 73.2 cm³/mol. The quantitative estimate of drug-likeness (QED) is 0.786. The van der Waals surface area contributed by atoms with Crippen molar-refractivity contribution < 1.29 is 14.3 Å². The minimum absolute atomic E-state index is 0.0755. The molecule has 1 aromatic rings. The van der Waals surface area contributed by atoms with Crippen LogP contribution in [0.1, 0.15) is 12.0 Å². The molecule has 1 aliphatic heterocycles. The van der Waals surface area contributed by atoms with E-state index in [1.54, 1.807) is 12.0 Å². The van der Waals surface area contributed by atoms with Gasteiger partial charge in [0.05, 0.1) is 19.1 Å². The van der Waals surface area contributed by atoms with Crippen LogP contribution in [0.25, 0.3) is 0 Å². The SMILES string of the molecule is COCCN(CCC#N)C(=O)C1Cc2ccccc2O1. The molecule has 0 N–H and O–H groups in total. The zero-order valence-electron chi connectivity index (χ0n) is 11.5. The van der Waals surface area contributed by atoms with Gasteiger partial charge in [0.1, 0.15) is 5.75 Å². The van der Waals surface area contributed by atoms with E-state index in [4.69, 9.17) is 14.7 Å². The Morgan fingerprint density at radius 3 is 3.00 bits per heavy atom. The van der Waals surface area contributed by atoms with Crippen LogP contribution in [-0.4, -0.2) is 43.7 Å². The third-order valence-electron chi connectivity index (χ3n) is 3.29. The number of carbonyl (C=O) groups is 1. The van der Waals surface area contributed by atoms with Crippen LogP contribution in [0.15, 0.2) is 24.3 Å². The van der Waals surface area contributed by atoms with Crippen molar-refractivity contribution in [1.82, 2.24) is 4.90 Å². The molecule has 106 valence electrons. The fourth-order valence-electron chi connectivity index (χ4n) is 2.24. The number of ether oxygens (including phenoxy) is 2. The van der Waals surface area contributed by atoms with Crippen molar-refractivity contribution in [2.75, 3.05) is 26.8 Å². The fraction of sp³-hybridized carbons (Fsp3) is 0.467. The number of nitrogens with zero attached hydrogens (tertiary/aromatic N) is 2. The molecule has 2 rings (SSSR count). The van der Waals surface area contributed by atoms with Gasteiger partial charge in [-0.1, -0.05) is 18.2 Å². The zero-order valence-corrected chi connectivity index (χ0v) is 11.5. The Hall–Kier alpha value is -2.06. The summed E-state index contributed by atoms with van der Waals surface area (Å²) in [5.41, 5.74) is 1.05. The molecule has 1 aromatic carbocycles. The van der Waals surface area contributed by atoms with Crippen molar-refractivity contribution in [2.24, 2.45) is 0 Å². The fourth-order valence-corrected chi connectivity index (χ4v) is 2.24. The van der Waals surface area contributed by atoms with Gasteiger partial charge < -0.3 is 14.4 Å². The molecular weight excluding hydrogens is 256 g/mol. The first kappa shape index (κ1) is 14.4. The first-order chi connectivity index (χ1) is 9.76. The summed E-state index contributed by atoms with van der Waals surface area (Å²) in [6, 6.07) is 9.73. The Bertz CT molecular complexity index is 485. The third kappa shape index (κ3) is 3.28. The van der Waals surface area contributed by atoms with Gasteiger partial charge in [-0.25, -0.2) is 0 Å². The molecule has 0 radical (unpaired) electrons. The number of carbonyl (C=O) groups excluding carboxylic acids is 1. The van der Waals surface area contributed by atoms with Crippen molar-refractivity contribution in [3.05, 3.63) is 29.8 Å². The summed E-state index contributed by atoms with van der Waals surface area (Å²) < 4.78 is 10.7. The summed E-state index contributed by atoms with van der Waals surface area (Å²) in [6.07, 6.45) is 0.420. The van der Waals surface area contributed by atoms with Gasteiger partial charge in [0, 0.05) is 26.6 Å². The maximum atomic E-state index is 12.5. The van der Waals surface area contributed by atoms with Crippen LogP contribution in [0.3, 0.4) is 0 Å². The zero-order chi connectivity index (χ0) is 14.4. The third-order valence-corrected chi connectivity index (χ3v) is 3.29. The van der Waals surface area contributed by atoms with E-state index in [2.05, 4.69) is 6.07 Å². The molecule has 0 spiro atoms. The Morgan fingerprint density at radius 2 is 2.30 bits per heavy atom. The van der Waals surface area contributed by atoms with E-state index < -0.39 is 6.10 Å². The van der Waals surface area contributed by atoms with E-state index in [9.17, 15) is 4.79 Å². The highest BCUT2D eigenvalue weighted by atomic mass is 16.5. The normalized spacial score (nSPS) is 16.1. The number of rotatable bonds is 6. The maximum absolute atomic E-state index is 12.5. The average molecular weight is 274 g/mol. The van der Waals surface area contributed by atoms with E-state index in [0.717, 1.165) is 11.3 Å². The molecule has 1 heterocycles. The van der Waals surface area contributed by atoms with Gasteiger partial charge in [0.15, 0.2) is 6.10 Å². The number of hydrogen-bond acceptors (Lipinski definition) is 4. The molecular formula is C15H18N2O3.